The fraction of sp³-hybridized carbons (Fsp3) is 0.333. The smallest absolute Gasteiger partial charge is 0.323 e. The molecule has 0 aromatic carbocycles. The quantitative estimate of drug-likeness (QED) is 0.439. The van der Waals surface area contributed by atoms with E-state index in [2.05, 4.69) is 6.58 Å². The molecule has 0 atom stereocenters. The average molecular weight is 314 g/mol. The van der Waals surface area contributed by atoms with E-state index in [0.717, 1.165) is 5.57 Å². The maximum Gasteiger partial charge on any atom is 0.351 e. The molecule has 0 aliphatic heterocycles. The second kappa shape index (κ2) is 6.87. The molecule has 0 aromatic heterocycles. The highest BCUT2D eigenvalue weighted by molar-refractivity contribution is 8.14. The third-order valence-corrected chi connectivity index (χ3v) is 7.62. The van der Waals surface area contributed by atoms with E-state index in [0.29, 0.717) is 11.8 Å². The van der Waals surface area contributed by atoms with Crippen molar-refractivity contribution in [1.82, 2.24) is 0 Å². The van der Waals surface area contributed by atoms with Crippen LogP contribution in [0.4, 0.5) is 0 Å². The van der Waals surface area contributed by atoms with Gasteiger partial charge >= 0.3 is 15.2 Å². The summed E-state index contributed by atoms with van der Waals surface area (Å²) in [6, 6.07) is 0. The minimum absolute atomic E-state index is 0.271. The third kappa shape index (κ3) is 6.71. The van der Waals surface area contributed by atoms with Gasteiger partial charge in [-0.1, -0.05) is 36.1 Å². The van der Waals surface area contributed by atoms with E-state index in [1.807, 2.05) is 13.8 Å². The van der Waals surface area contributed by atoms with Gasteiger partial charge in [0, 0.05) is 4.91 Å². The van der Waals surface area contributed by atoms with Crippen molar-refractivity contribution in [2.24, 2.45) is 0 Å². The van der Waals surface area contributed by atoms with Crippen molar-refractivity contribution < 1.29 is 28.7 Å². The molecule has 18 heavy (non-hydrogen) atoms. The Morgan fingerprint density at radius 2 is 1.56 bits per heavy atom. The Kier molecular flexibility index (Phi) is 6.82. The Balaban J connectivity index is 5.29. The third-order valence-electron chi connectivity index (χ3n) is 1.60. The molecule has 0 spiro atoms. The van der Waals surface area contributed by atoms with Crippen LogP contribution < -0.4 is 0 Å². The van der Waals surface area contributed by atoms with E-state index in [9.17, 15) is 9.13 Å². The Bertz CT molecular complexity index is 432. The molecule has 0 bridgehead atoms. The monoisotopic (exact) mass is 314 g/mol. The minimum Gasteiger partial charge on any atom is -0.323 e. The van der Waals surface area contributed by atoms with E-state index in [1.165, 1.54) is 12.2 Å². The van der Waals surface area contributed by atoms with Gasteiger partial charge in [-0.2, -0.15) is 0 Å². The molecule has 0 saturated heterocycles. The molecule has 9 heteroatoms. The maximum atomic E-state index is 11.1. The summed E-state index contributed by atoms with van der Waals surface area (Å²) in [6.07, 6.45) is 4.42. The van der Waals surface area contributed by atoms with Crippen LogP contribution in [0, 0.1) is 0 Å². The number of thioether (sulfide) groups is 1. The lowest BCUT2D eigenvalue weighted by Gasteiger charge is -2.19. The molecule has 0 unspecified atom stereocenters. The Hall–Kier alpha value is -0.130. The van der Waals surface area contributed by atoms with Crippen LogP contribution in [0.1, 0.15) is 13.8 Å². The standard InChI is InChI=1S/C9H16O6P2S/c1-4-8(6-5-7(2)3)18-9(16(10,11)12)17(13,14)15/h4-6,9H,1H2,2-3H3,(H2,10,11,12)(H2,13,14,15). The van der Waals surface area contributed by atoms with Crippen molar-refractivity contribution in [1.29, 1.82) is 0 Å². The zero-order valence-electron chi connectivity index (χ0n) is 9.92. The van der Waals surface area contributed by atoms with Gasteiger partial charge in [0.25, 0.3) is 0 Å². The normalized spacial score (nSPS) is 13.6. The van der Waals surface area contributed by atoms with Crippen LogP contribution in [0.25, 0.3) is 0 Å². The van der Waals surface area contributed by atoms with Gasteiger partial charge < -0.3 is 19.6 Å². The topological polar surface area (TPSA) is 115 Å². The van der Waals surface area contributed by atoms with Gasteiger partial charge in [0.2, 0.25) is 4.73 Å². The van der Waals surface area contributed by atoms with E-state index in [1.54, 1.807) is 6.08 Å². The lowest BCUT2D eigenvalue weighted by Crippen LogP contribution is -2.04. The number of allylic oxidation sites excluding steroid dienone is 4. The fourth-order valence-electron chi connectivity index (χ4n) is 0.859. The number of rotatable bonds is 6. The summed E-state index contributed by atoms with van der Waals surface area (Å²) in [7, 11) is -9.84. The average Bonchev–Trinajstić information content (AvgIpc) is 2.13. The Labute approximate surface area is 110 Å². The van der Waals surface area contributed by atoms with E-state index < -0.39 is 19.9 Å². The lowest BCUT2D eigenvalue weighted by molar-refractivity contribution is 0.352. The fourth-order valence-corrected chi connectivity index (χ4v) is 4.74. The van der Waals surface area contributed by atoms with Crippen LogP contribution in [0.5, 0.6) is 0 Å². The molecular weight excluding hydrogens is 298 g/mol. The van der Waals surface area contributed by atoms with Crippen LogP contribution >= 0.6 is 27.0 Å². The van der Waals surface area contributed by atoms with Gasteiger partial charge in [0.05, 0.1) is 0 Å². The first-order valence-corrected chi connectivity index (χ1v) is 8.97. The molecule has 0 rings (SSSR count). The predicted molar refractivity (Wildman–Crippen MR) is 73.2 cm³/mol. The van der Waals surface area contributed by atoms with Crippen LogP contribution in [-0.4, -0.2) is 24.3 Å². The second-order valence-electron chi connectivity index (χ2n) is 3.64. The molecule has 104 valence electrons. The Morgan fingerprint density at radius 1 is 1.11 bits per heavy atom. The van der Waals surface area contributed by atoms with Crippen molar-refractivity contribution >= 4 is 27.0 Å². The van der Waals surface area contributed by atoms with Crippen LogP contribution in [0.2, 0.25) is 0 Å². The Morgan fingerprint density at radius 3 is 1.83 bits per heavy atom. The molecule has 0 aromatic rings. The number of hydrogen-bond donors (Lipinski definition) is 4. The van der Waals surface area contributed by atoms with Crippen molar-refractivity contribution in [3.05, 3.63) is 35.3 Å². The highest BCUT2D eigenvalue weighted by Gasteiger charge is 2.44. The van der Waals surface area contributed by atoms with E-state index >= 15 is 0 Å². The first-order valence-electron chi connectivity index (χ1n) is 4.73. The first-order chi connectivity index (χ1) is 7.98. The summed E-state index contributed by atoms with van der Waals surface area (Å²) in [6.45, 7) is 7.05. The molecule has 0 heterocycles. The predicted octanol–water partition coefficient (Wildman–Crippen LogP) is 2.39. The second-order valence-corrected chi connectivity index (χ2v) is 9.31. The maximum absolute atomic E-state index is 11.1. The zero-order valence-corrected chi connectivity index (χ0v) is 12.5. The molecule has 0 aliphatic rings. The molecule has 0 fully saturated rings. The molecule has 0 amide bonds. The molecule has 6 nitrogen and oxygen atoms in total. The van der Waals surface area contributed by atoms with Crippen LogP contribution in [0.15, 0.2) is 35.3 Å². The van der Waals surface area contributed by atoms with Gasteiger partial charge in [0.15, 0.2) is 0 Å². The van der Waals surface area contributed by atoms with Crippen molar-refractivity contribution in [3.63, 3.8) is 0 Å². The summed E-state index contributed by atoms with van der Waals surface area (Å²) >= 11 is 0.418. The summed E-state index contributed by atoms with van der Waals surface area (Å²) in [5, 5.41) is 0. The summed E-state index contributed by atoms with van der Waals surface area (Å²) in [5.74, 6) is 0. The largest absolute Gasteiger partial charge is 0.351 e. The summed E-state index contributed by atoms with van der Waals surface area (Å²) < 4.78 is 20.0. The van der Waals surface area contributed by atoms with E-state index in [-0.39, 0.29) is 4.91 Å². The lowest BCUT2D eigenvalue weighted by atomic mass is 10.3. The van der Waals surface area contributed by atoms with Gasteiger partial charge in [-0.3, -0.25) is 9.13 Å². The highest BCUT2D eigenvalue weighted by Crippen LogP contribution is 2.65. The van der Waals surface area contributed by atoms with Crippen molar-refractivity contribution in [2.45, 2.75) is 18.6 Å². The van der Waals surface area contributed by atoms with Crippen LogP contribution in [0.3, 0.4) is 0 Å². The first kappa shape index (κ1) is 17.9. The summed E-state index contributed by atoms with van der Waals surface area (Å²) in [4.78, 5) is 36.1. The van der Waals surface area contributed by atoms with Gasteiger partial charge in [0.1, 0.15) is 0 Å². The van der Waals surface area contributed by atoms with Gasteiger partial charge in [-0.15, -0.1) is 0 Å². The molecule has 4 N–H and O–H groups in total. The van der Waals surface area contributed by atoms with Crippen LogP contribution in [-0.2, 0) is 9.13 Å². The molecule has 0 saturated carbocycles. The highest BCUT2D eigenvalue weighted by atomic mass is 32.2. The molecule has 0 aliphatic carbocycles. The minimum atomic E-state index is -4.92. The SMILES string of the molecule is C=CC(=CC=C(C)C)SC(P(=O)(O)O)P(=O)(O)O. The van der Waals surface area contributed by atoms with E-state index in [4.69, 9.17) is 19.6 Å². The molecular formula is C9H16O6P2S. The van der Waals surface area contributed by atoms with Crippen molar-refractivity contribution in [2.75, 3.05) is 0 Å². The zero-order chi connectivity index (χ0) is 14.6. The van der Waals surface area contributed by atoms with Crippen molar-refractivity contribution in [3.8, 4) is 0 Å². The molecule has 0 radical (unpaired) electrons. The van der Waals surface area contributed by atoms with Gasteiger partial charge in [-0.05, 0) is 19.9 Å². The van der Waals surface area contributed by atoms with Gasteiger partial charge in [-0.25, -0.2) is 0 Å². The summed E-state index contributed by atoms with van der Waals surface area (Å²) in [5.41, 5.74) is 0.929. The number of hydrogen-bond acceptors (Lipinski definition) is 3.